The van der Waals surface area contributed by atoms with Crippen molar-refractivity contribution in [2.75, 3.05) is 18.8 Å². The molecule has 9 heteroatoms. The monoisotopic (exact) mass is 370 g/mol. The number of carbonyl (C=O) groups excluding carboxylic acids is 4. The van der Waals surface area contributed by atoms with Crippen LogP contribution in [0.4, 0.5) is 4.79 Å². The van der Waals surface area contributed by atoms with Crippen LogP contribution in [0.2, 0.25) is 0 Å². The number of amides is 4. The highest BCUT2D eigenvalue weighted by atomic mass is 32.2. The Morgan fingerprint density at radius 1 is 1.16 bits per heavy atom. The maximum absolute atomic E-state index is 12.1. The van der Waals surface area contributed by atoms with Crippen molar-refractivity contribution < 1.29 is 19.2 Å². The van der Waals surface area contributed by atoms with Crippen molar-refractivity contribution in [3.05, 3.63) is 0 Å². The minimum atomic E-state index is -0.749. The minimum absolute atomic E-state index is 0.0630. The van der Waals surface area contributed by atoms with E-state index in [0.717, 1.165) is 29.5 Å². The van der Waals surface area contributed by atoms with Gasteiger partial charge in [-0.3, -0.25) is 24.1 Å². The molecule has 2 fully saturated rings. The molecule has 2 saturated heterocycles. The number of hydrogen-bond acceptors (Lipinski definition) is 6. The Labute approximate surface area is 151 Å². The molecule has 3 N–H and O–H groups in total. The van der Waals surface area contributed by atoms with Crippen LogP contribution in [-0.2, 0) is 14.4 Å². The van der Waals surface area contributed by atoms with Gasteiger partial charge in [0, 0.05) is 30.2 Å². The number of piperidine rings is 1. The fourth-order valence-corrected chi connectivity index (χ4v) is 4.39. The maximum Gasteiger partial charge on any atom is 0.309 e. The average molecular weight is 370 g/mol. The fraction of sp³-hybridized carbons (Fsp3) is 0.750. The van der Waals surface area contributed by atoms with Crippen LogP contribution in [0.15, 0.2) is 0 Å². The quantitative estimate of drug-likeness (QED) is 0.611. The second-order valence-electron chi connectivity index (χ2n) is 7.83. The lowest BCUT2D eigenvalue weighted by Crippen LogP contribution is -2.62. The van der Waals surface area contributed by atoms with Crippen molar-refractivity contribution in [3.8, 4) is 0 Å². The van der Waals surface area contributed by atoms with Crippen molar-refractivity contribution >= 4 is 34.7 Å². The molecular weight excluding hydrogens is 344 g/mol. The number of nitrogens with one attached hydrogen (secondary N) is 3. The molecule has 0 aromatic rings. The van der Waals surface area contributed by atoms with E-state index in [1.165, 1.54) is 0 Å². The van der Waals surface area contributed by atoms with E-state index >= 15 is 0 Å². The molecule has 0 bridgehead atoms. The van der Waals surface area contributed by atoms with Crippen LogP contribution in [0.3, 0.4) is 0 Å². The summed E-state index contributed by atoms with van der Waals surface area (Å²) >= 11 is 0.941. The van der Waals surface area contributed by atoms with E-state index < -0.39 is 11.8 Å². The lowest BCUT2D eigenvalue weighted by atomic mass is 9.79. The van der Waals surface area contributed by atoms with Crippen molar-refractivity contribution in [2.45, 2.75) is 57.7 Å². The van der Waals surface area contributed by atoms with E-state index in [1.54, 1.807) is 0 Å². The van der Waals surface area contributed by atoms with Gasteiger partial charge in [0.2, 0.25) is 5.91 Å². The standard InChI is InChI=1S/C16H26N4O4S/c1-15(2)7-10(8-16(3,4)19-15)18-13(23)12(22)17-5-6-20-11(21)9-25-14(20)24/h10,19H,5-9H2,1-4H3,(H,17,22)(H,18,23). The Balaban J connectivity index is 1.79. The summed E-state index contributed by atoms with van der Waals surface area (Å²) < 4.78 is 0. The third-order valence-corrected chi connectivity index (χ3v) is 5.05. The first-order valence-corrected chi connectivity index (χ1v) is 9.33. The van der Waals surface area contributed by atoms with Crippen molar-refractivity contribution in [1.29, 1.82) is 0 Å². The first-order chi connectivity index (χ1) is 11.5. The number of carbonyl (C=O) groups is 4. The van der Waals surface area contributed by atoms with Gasteiger partial charge < -0.3 is 16.0 Å². The Morgan fingerprint density at radius 3 is 2.28 bits per heavy atom. The Bertz CT molecular complexity index is 559. The van der Waals surface area contributed by atoms with E-state index in [9.17, 15) is 19.2 Å². The minimum Gasteiger partial charge on any atom is -0.346 e. The molecule has 0 aromatic carbocycles. The lowest BCUT2D eigenvalue weighted by molar-refractivity contribution is -0.140. The van der Waals surface area contributed by atoms with E-state index in [2.05, 4.69) is 43.6 Å². The SMILES string of the molecule is CC1(C)CC(NC(=O)C(=O)NCCN2C(=O)CSC2=O)CC(C)(C)N1. The Hall–Kier alpha value is -1.61. The highest BCUT2D eigenvalue weighted by Gasteiger charge is 2.38. The maximum atomic E-state index is 12.1. The predicted octanol–water partition coefficient (Wildman–Crippen LogP) is 0.223. The van der Waals surface area contributed by atoms with Gasteiger partial charge in [0.25, 0.3) is 5.24 Å². The van der Waals surface area contributed by atoms with E-state index in [0.29, 0.717) is 0 Å². The van der Waals surface area contributed by atoms with Crippen LogP contribution in [-0.4, -0.2) is 63.8 Å². The molecule has 8 nitrogen and oxygen atoms in total. The van der Waals surface area contributed by atoms with Gasteiger partial charge in [-0.15, -0.1) is 0 Å². The summed E-state index contributed by atoms with van der Waals surface area (Å²) in [5.41, 5.74) is -0.269. The number of hydrogen-bond donors (Lipinski definition) is 3. The Morgan fingerprint density at radius 2 is 1.76 bits per heavy atom. The van der Waals surface area contributed by atoms with Gasteiger partial charge in [-0.05, 0) is 40.5 Å². The zero-order chi connectivity index (χ0) is 18.8. The summed E-state index contributed by atoms with van der Waals surface area (Å²) in [6, 6.07) is -0.0948. The molecule has 0 atom stereocenters. The molecule has 140 valence electrons. The van der Waals surface area contributed by atoms with Crippen LogP contribution in [0.25, 0.3) is 0 Å². The first kappa shape index (κ1) is 19.7. The summed E-state index contributed by atoms with van der Waals surface area (Å²) in [7, 11) is 0. The summed E-state index contributed by atoms with van der Waals surface area (Å²) in [6.07, 6.45) is 1.45. The second-order valence-corrected chi connectivity index (χ2v) is 8.75. The normalized spacial score (nSPS) is 22.8. The van der Waals surface area contributed by atoms with Gasteiger partial charge in [-0.1, -0.05) is 11.8 Å². The molecule has 2 aliphatic heterocycles. The van der Waals surface area contributed by atoms with E-state index in [4.69, 9.17) is 0 Å². The topological polar surface area (TPSA) is 108 Å². The van der Waals surface area contributed by atoms with E-state index in [1.807, 2.05) is 0 Å². The highest BCUT2D eigenvalue weighted by Crippen LogP contribution is 2.28. The summed E-state index contributed by atoms with van der Waals surface area (Å²) in [4.78, 5) is 48.0. The first-order valence-electron chi connectivity index (χ1n) is 8.34. The van der Waals surface area contributed by atoms with Crippen LogP contribution in [0, 0.1) is 0 Å². The molecule has 0 spiro atoms. The molecule has 2 aliphatic rings. The third kappa shape index (κ3) is 5.43. The highest BCUT2D eigenvalue weighted by molar-refractivity contribution is 8.14. The third-order valence-electron chi connectivity index (χ3n) is 4.19. The van der Waals surface area contributed by atoms with Crippen molar-refractivity contribution in [3.63, 3.8) is 0 Å². The molecule has 0 unspecified atom stereocenters. The summed E-state index contributed by atoms with van der Waals surface area (Å²) in [5, 5.41) is 8.44. The van der Waals surface area contributed by atoms with Crippen LogP contribution in [0.1, 0.15) is 40.5 Å². The zero-order valence-corrected chi connectivity index (χ0v) is 15.9. The lowest BCUT2D eigenvalue weighted by Gasteiger charge is -2.46. The number of rotatable bonds is 4. The molecule has 25 heavy (non-hydrogen) atoms. The van der Waals surface area contributed by atoms with Gasteiger partial charge in [0.1, 0.15) is 0 Å². The van der Waals surface area contributed by atoms with Gasteiger partial charge in [0.05, 0.1) is 5.75 Å². The molecule has 2 heterocycles. The smallest absolute Gasteiger partial charge is 0.309 e. The summed E-state index contributed by atoms with van der Waals surface area (Å²) in [5.74, 6) is -1.57. The van der Waals surface area contributed by atoms with Gasteiger partial charge in [-0.2, -0.15) is 0 Å². The molecule has 0 aromatic heterocycles. The largest absolute Gasteiger partial charge is 0.346 e. The number of nitrogens with zero attached hydrogens (tertiary/aromatic N) is 1. The molecule has 4 amide bonds. The Kier molecular flexibility index (Phi) is 5.78. The van der Waals surface area contributed by atoms with Crippen LogP contribution < -0.4 is 16.0 Å². The average Bonchev–Trinajstić information content (AvgIpc) is 2.75. The zero-order valence-electron chi connectivity index (χ0n) is 15.1. The van der Waals surface area contributed by atoms with Crippen molar-refractivity contribution in [2.24, 2.45) is 0 Å². The molecular formula is C16H26N4O4S. The molecule has 2 rings (SSSR count). The second kappa shape index (κ2) is 7.33. The predicted molar refractivity (Wildman–Crippen MR) is 95.0 cm³/mol. The van der Waals surface area contributed by atoms with Gasteiger partial charge in [-0.25, -0.2) is 0 Å². The van der Waals surface area contributed by atoms with E-state index in [-0.39, 0.29) is 47.1 Å². The van der Waals surface area contributed by atoms with Crippen LogP contribution in [0.5, 0.6) is 0 Å². The molecule has 0 aliphatic carbocycles. The van der Waals surface area contributed by atoms with Crippen molar-refractivity contribution in [1.82, 2.24) is 20.9 Å². The number of imide groups is 1. The van der Waals surface area contributed by atoms with Crippen LogP contribution >= 0.6 is 11.8 Å². The van der Waals surface area contributed by atoms with Gasteiger partial charge >= 0.3 is 11.8 Å². The molecule has 0 radical (unpaired) electrons. The molecule has 0 saturated carbocycles. The van der Waals surface area contributed by atoms with Gasteiger partial charge in [0.15, 0.2) is 0 Å². The fourth-order valence-electron chi connectivity index (χ4n) is 3.63. The summed E-state index contributed by atoms with van der Waals surface area (Å²) in [6.45, 7) is 8.40. The number of thioether (sulfide) groups is 1.